The van der Waals surface area contributed by atoms with Crippen molar-refractivity contribution in [1.82, 2.24) is 4.98 Å². The minimum absolute atomic E-state index is 0.145. The van der Waals surface area contributed by atoms with Crippen LogP contribution in [0.25, 0.3) is 0 Å². The first-order chi connectivity index (χ1) is 5.77. The maximum Gasteiger partial charge on any atom is 0.151 e. The average Bonchev–Trinajstić information content (AvgIpc) is 2.17. The molecule has 1 aromatic heterocycles. The SMILES string of the molecule is NC(CO)c1ccc(C=O)cn1. The molecule has 0 saturated heterocycles. The highest BCUT2D eigenvalue weighted by molar-refractivity contribution is 5.73. The number of nitrogens with two attached hydrogens (primary N) is 1. The Balaban J connectivity index is 2.84. The lowest BCUT2D eigenvalue weighted by Crippen LogP contribution is -2.15. The van der Waals surface area contributed by atoms with Crippen LogP contribution in [0.4, 0.5) is 0 Å². The van der Waals surface area contributed by atoms with Gasteiger partial charge in [-0.25, -0.2) is 0 Å². The van der Waals surface area contributed by atoms with Crippen molar-refractivity contribution in [3.8, 4) is 0 Å². The number of rotatable bonds is 3. The Morgan fingerprint density at radius 1 is 1.67 bits per heavy atom. The summed E-state index contributed by atoms with van der Waals surface area (Å²) in [6.45, 7) is -0.145. The quantitative estimate of drug-likeness (QED) is 0.614. The Bertz CT molecular complexity index is 258. The second kappa shape index (κ2) is 3.94. The van der Waals surface area contributed by atoms with Crippen LogP contribution < -0.4 is 5.73 Å². The smallest absolute Gasteiger partial charge is 0.151 e. The van der Waals surface area contributed by atoms with Crippen molar-refractivity contribution < 1.29 is 9.90 Å². The molecule has 12 heavy (non-hydrogen) atoms. The molecule has 1 rings (SSSR count). The number of pyridine rings is 1. The van der Waals surface area contributed by atoms with E-state index in [2.05, 4.69) is 4.98 Å². The predicted molar refractivity (Wildman–Crippen MR) is 43.6 cm³/mol. The van der Waals surface area contributed by atoms with Crippen LogP contribution in [0.15, 0.2) is 18.3 Å². The Morgan fingerprint density at radius 2 is 2.42 bits per heavy atom. The molecule has 0 fully saturated rings. The number of hydrogen-bond acceptors (Lipinski definition) is 4. The summed E-state index contributed by atoms with van der Waals surface area (Å²) in [7, 11) is 0. The fraction of sp³-hybridized carbons (Fsp3) is 0.250. The lowest BCUT2D eigenvalue weighted by molar-refractivity contribution is 0.112. The van der Waals surface area contributed by atoms with Gasteiger partial charge in [-0.2, -0.15) is 0 Å². The summed E-state index contributed by atoms with van der Waals surface area (Å²) in [6, 6.07) is 2.78. The van der Waals surface area contributed by atoms with E-state index in [1.54, 1.807) is 12.1 Å². The lowest BCUT2D eigenvalue weighted by Gasteiger charge is -2.05. The molecule has 1 unspecified atom stereocenters. The van der Waals surface area contributed by atoms with E-state index in [0.717, 1.165) is 0 Å². The number of nitrogens with zero attached hydrogens (tertiary/aromatic N) is 1. The highest BCUT2D eigenvalue weighted by atomic mass is 16.3. The molecule has 0 spiro atoms. The van der Waals surface area contributed by atoms with Gasteiger partial charge in [-0.1, -0.05) is 0 Å². The third kappa shape index (κ3) is 1.87. The van der Waals surface area contributed by atoms with E-state index in [4.69, 9.17) is 10.8 Å². The highest BCUT2D eigenvalue weighted by Crippen LogP contribution is 2.05. The summed E-state index contributed by atoms with van der Waals surface area (Å²) in [5, 5.41) is 8.68. The molecular weight excluding hydrogens is 156 g/mol. The Hall–Kier alpha value is -1.26. The second-order valence-electron chi connectivity index (χ2n) is 2.42. The number of carbonyl (C=O) groups excluding carboxylic acids is 1. The van der Waals surface area contributed by atoms with Crippen LogP contribution in [0.5, 0.6) is 0 Å². The van der Waals surface area contributed by atoms with Gasteiger partial charge < -0.3 is 10.8 Å². The minimum atomic E-state index is -0.467. The first kappa shape index (κ1) is 8.83. The summed E-state index contributed by atoms with van der Waals surface area (Å²) >= 11 is 0. The molecule has 1 atom stereocenters. The van der Waals surface area contributed by atoms with Crippen molar-refractivity contribution in [1.29, 1.82) is 0 Å². The van der Waals surface area contributed by atoms with Gasteiger partial charge in [0.1, 0.15) is 0 Å². The zero-order valence-electron chi connectivity index (χ0n) is 6.47. The van der Waals surface area contributed by atoms with Gasteiger partial charge in [-0.3, -0.25) is 9.78 Å². The summed E-state index contributed by atoms with van der Waals surface area (Å²) in [5.41, 5.74) is 6.57. The number of aromatic nitrogens is 1. The first-order valence-electron chi connectivity index (χ1n) is 3.55. The molecule has 4 nitrogen and oxygen atoms in total. The van der Waals surface area contributed by atoms with Gasteiger partial charge >= 0.3 is 0 Å². The van der Waals surface area contributed by atoms with Gasteiger partial charge in [0.05, 0.1) is 18.3 Å². The van der Waals surface area contributed by atoms with Crippen molar-refractivity contribution >= 4 is 6.29 Å². The highest BCUT2D eigenvalue weighted by Gasteiger charge is 2.04. The summed E-state index contributed by atoms with van der Waals surface area (Å²) in [4.78, 5) is 14.1. The molecule has 0 aromatic carbocycles. The molecule has 0 aliphatic heterocycles. The number of aliphatic hydroxyl groups is 1. The van der Waals surface area contributed by atoms with Crippen LogP contribution in [-0.2, 0) is 0 Å². The normalized spacial score (nSPS) is 12.5. The van der Waals surface area contributed by atoms with Crippen LogP contribution in [0.1, 0.15) is 22.1 Å². The zero-order valence-corrected chi connectivity index (χ0v) is 6.47. The summed E-state index contributed by atoms with van der Waals surface area (Å²) in [6.07, 6.45) is 2.14. The molecule has 0 bridgehead atoms. The topological polar surface area (TPSA) is 76.2 Å². The Morgan fingerprint density at radius 3 is 2.83 bits per heavy atom. The number of carbonyl (C=O) groups is 1. The van der Waals surface area contributed by atoms with Crippen LogP contribution in [-0.4, -0.2) is 23.0 Å². The van der Waals surface area contributed by atoms with E-state index in [0.29, 0.717) is 17.5 Å². The maximum atomic E-state index is 10.2. The summed E-state index contributed by atoms with van der Waals surface area (Å²) in [5.74, 6) is 0. The fourth-order valence-corrected chi connectivity index (χ4v) is 0.799. The molecule has 4 heteroatoms. The van der Waals surface area contributed by atoms with E-state index < -0.39 is 6.04 Å². The molecule has 0 amide bonds. The third-order valence-electron chi connectivity index (χ3n) is 1.52. The summed E-state index contributed by atoms with van der Waals surface area (Å²) < 4.78 is 0. The van der Waals surface area contributed by atoms with E-state index in [1.807, 2.05) is 0 Å². The minimum Gasteiger partial charge on any atom is -0.394 e. The number of aldehydes is 1. The van der Waals surface area contributed by atoms with Crippen molar-refractivity contribution in [2.24, 2.45) is 5.73 Å². The van der Waals surface area contributed by atoms with Gasteiger partial charge in [0.15, 0.2) is 6.29 Å². The van der Waals surface area contributed by atoms with Gasteiger partial charge in [-0.05, 0) is 12.1 Å². The largest absolute Gasteiger partial charge is 0.394 e. The molecule has 1 aromatic rings. The monoisotopic (exact) mass is 166 g/mol. The molecule has 0 radical (unpaired) electrons. The molecule has 3 N–H and O–H groups in total. The Labute approximate surface area is 70.0 Å². The molecule has 64 valence electrons. The van der Waals surface area contributed by atoms with E-state index in [1.165, 1.54) is 6.20 Å². The first-order valence-corrected chi connectivity index (χ1v) is 3.55. The van der Waals surface area contributed by atoms with Gasteiger partial charge in [0, 0.05) is 11.8 Å². The number of aliphatic hydroxyl groups excluding tert-OH is 1. The number of hydrogen-bond donors (Lipinski definition) is 2. The molecule has 0 aliphatic rings. The van der Waals surface area contributed by atoms with Gasteiger partial charge in [-0.15, -0.1) is 0 Å². The second-order valence-corrected chi connectivity index (χ2v) is 2.42. The van der Waals surface area contributed by atoms with Gasteiger partial charge in [0.25, 0.3) is 0 Å². The van der Waals surface area contributed by atoms with E-state index in [9.17, 15) is 4.79 Å². The fourth-order valence-electron chi connectivity index (χ4n) is 0.799. The van der Waals surface area contributed by atoms with Gasteiger partial charge in [0.2, 0.25) is 0 Å². The van der Waals surface area contributed by atoms with Crippen LogP contribution in [0.2, 0.25) is 0 Å². The molecule has 1 heterocycles. The maximum absolute atomic E-state index is 10.2. The van der Waals surface area contributed by atoms with E-state index >= 15 is 0 Å². The molecule has 0 aliphatic carbocycles. The van der Waals surface area contributed by atoms with Crippen LogP contribution >= 0.6 is 0 Å². The Kier molecular flexibility index (Phi) is 2.90. The van der Waals surface area contributed by atoms with E-state index in [-0.39, 0.29) is 6.61 Å². The molecule has 0 saturated carbocycles. The van der Waals surface area contributed by atoms with Crippen molar-refractivity contribution in [3.63, 3.8) is 0 Å². The zero-order chi connectivity index (χ0) is 8.97. The molecular formula is C8H10N2O2. The third-order valence-corrected chi connectivity index (χ3v) is 1.52. The van der Waals surface area contributed by atoms with Crippen molar-refractivity contribution in [2.75, 3.05) is 6.61 Å². The van der Waals surface area contributed by atoms with Crippen molar-refractivity contribution in [2.45, 2.75) is 6.04 Å². The van der Waals surface area contributed by atoms with Crippen molar-refractivity contribution in [3.05, 3.63) is 29.6 Å². The standard InChI is InChI=1S/C8H10N2O2/c9-7(5-12)8-2-1-6(4-11)3-10-8/h1-4,7,12H,5,9H2. The predicted octanol–water partition coefficient (Wildman–Crippen LogP) is -0.114. The van der Waals surface area contributed by atoms with Crippen LogP contribution in [0.3, 0.4) is 0 Å². The lowest BCUT2D eigenvalue weighted by atomic mass is 10.2. The van der Waals surface area contributed by atoms with Crippen LogP contribution in [0, 0.1) is 0 Å². The average molecular weight is 166 g/mol.